The Morgan fingerprint density at radius 2 is 2.05 bits per heavy atom. The Morgan fingerprint density at radius 3 is 2.57 bits per heavy atom. The highest BCUT2D eigenvalue weighted by atomic mass is 32.2. The van der Waals surface area contributed by atoms with E-state index in [1.807, 2.05) is 7.05 Å². The lowest BCUT2D eigenvalue weighted by atomic mass is 10.1. The molecule has 1 aromatic rings. The van der Waals surface area contributed by atoms with E-state index in [1.165, 1.54) is 0 Å². The van der Waals surface area contributed by atoms with Gasteiger partial charge in [0.1, 0.15) is 5.75 Å². The smallest absolute Gasteiger partial charge is 0.240 e. The fourth-order valence-electron chi connectivity index (χ4n) is 2.47. The van der Waals surface area contributed by atoms with Crippen molar-refractivity contribution in [1.29, 1.82) is 0 Å². The zero-order chi connectivity index (χ0) is 15.7. The zero-order valence-corrected chi connectivity index (χ0v) is 13.9. The summed E-state index contributed by atoms with van der Waals surface area (Å²) in [6, 6.07) is 4.94. The van der Waals surface area contributed by atoms with Gasteiger partial charge in [0.05, 0.1) is 12.0 Å². The van der Waals surface area contributed by atoms with Gasteiger partial charge in [-0.1, -0.05) is 13.8 Å². The van der Waals surface area contributed by atoms with Gasteiger partial charge in [-0.3, -0.25) is 0 Å². The lowest BCUT2D eigenvalue weighted by Crippen LogP contribution is -2.27. The lowest BCUT2D eigenvalue weighted by Gasteiger charge is -2.12. The number of sulfonamides is 1. The molecule has 1 aliphatic rings. The van der Waals surface area contributed by atoms with Crippen molar-refractivity contribution in [3.8, 4) is 5.75 Å². The minimum absolute atomic E-state index is 0.264. The van der Waals surface area contributed by atoms with Crippen molar-refractivity contribution in [3.63, 3.8) is 0 Å². The molecular weight excluding hydrogens is 288 g/mol. The highest BCUT2D eigenvalue weighted by Gasteiger charge is 2.45. The van der Waals surface area contributed by atoms with E-state index in [-0.39, 0.29) is 10.3 Å². The van der Waals surface area contributed by atoms with E-state index in [1.54, 1.807) is 25.3 Å². The lowest BCUT2D eigenvalue weighted by molar-refractivity contribution is 0.408. The molecule has 0 spiro atoms. The van der Waals surface area contributed by atoms with Crippen molar-refractivity contribution in [2.75, 3.05) is 20.7 Å². The number of hydrogen-bond acceptors (Lipinski definition) is 4. The van der Waals surface area contributed by atoms with Crippen LogP contribution in [0.15, 0.2) is 23.1 Å². The Kier molecular flexibility index (Phi) is 4.60. The molecule has 1 unspecified atom stereocenters. The van der Waals surface area contributed by atoms with Crippen LogP contribution in [-0.2, 0) is 16.6 Å². The summed E-state index contributed by atoms with van der Waals surface area (Å²) in [6.07, 6.45) is 1.07. The first-order valence-corrected chi connectivity index (χ1v) is 8.59. The zero-order valence-electron chi connectivity index (χ0n) is 13.1. The van der Waals surface area contributed by atoms with Crippen molar-refractivity contribution in [2.45, 2.75) is 31.7 Å². The summed E-state index contributed by atoms with van der Waals surface area (Å²) < 4.78 is 32.7. The Morgan fingerprint density at radius 1 is 1.38 bits per heavy atom. The maximum Gasteiger partial charge on any atom is 0.240 e. The van der Waals surface area contributed by atoms with E-state index in [4.69, 9.17) is 4.74 Å². The maximum atomic E-state index is 12.4. The van der Waals surface area contributed by atoms with Crippen molar-refractivity contribution in [3.05, 3.63) is 23.8 Å². The predicted molar refractivity (Wildman–Crippen MR) is 82.8 cm³/mol. The average molecular weight is 312 g/mol. The van der Waals surface area contributed by atoms with Gasteiger partial charge in [-0.05, 0) is 43.0 Å². The summed E-state index contributed by atoms with van der Waals surface area (Å²) in [5.74, 6) is 1.12. The third kappa shape index (κ3) is 3.75. The minimum atomic E-state index is -3.46. The molecule has 1 saturated carbocycles. The summed E-state index contributed by atoms with van der Waals surface area (Å²) in [5.41, 5.74) is 1.09. The highest BCUT2D eigenvalue weighted by molar-refractivity contribution is 7.89. The van der Waals surface area contributed by atoms with E-state index in [0.717, 1.165) is 12.0 Å². The molecule has 5 nitrogen and oxygen atoms in total. The molecule has 1 aromatic carbocycles. The molecule has 0 aromatic heterocycles. The summed E-state index contributed by atoms with van der Waals surface area (Å²) >= 11 is 0. The number of benzene rings is 1. The van der Waals surface area contributed by atoms with Gasteiger partial charge >= 0.3 is 0 Å². The molecular formula is C15H24N2O3S. The summed E-state index contributed by atoms with van der Waals surface area (Å²) in [4.78, 5) is 0.284. The van der Waals surface area contributed by atoms with Crippen LogP contribution in [0.2, 0.25) is 0 Å². The second kappa shape index (κ2) is 5.94. The second-order valence-corrected chi connectivity index (χ2v) is 8.01. The molecule has 1 aliphatic carbocycles. The van der Waals surface area contributed by atoms with Gasteiger partial charge in [-0.25, -0.2) is 13.1 Å². The molecule has 1 fully saturated rings. The first-order chi connectivity index (χ1) is 9.80. The topological polar surface area (TPSA) is 67.4 Å². The Hall–Kier alpha value is -1.11. The van der Waals surface area contributed by atoms with Gasteiger partial charge in [0.15, 0.2) is 0 Å². The standard InChI is InChI=1S/C15H24N2O3S/c1-15(2)8-12(15)10-17-21(18,19)13-5-6-14(20-4)11(7-13)9-16-3/h5-7,12,16-17H,8-10H2,1-4H3. The van der Waals surface area contributed by atoms with E-state index in [9.17, 15) is 8.42 Å². The van der Waals surface area contributed by atoms with Gasteiger partial charge < -0.3 is 10.1 Å². The van der Waals surface area contributed by atoms with Crippen LogP contribution < -0.4 is 14.8 Å². The van der Waals surface area contributed by atoms with Crippen molar-refractivity contribution >= 4 is 10.0 Å². The van der Waals surface area contributed by atoms with E-state index in [2.05, 4.69) is 23.9 Å². The monoisotopic (exact) mass is 312 g/mol. The highest BCUT2D eigenvalue weighted by Crippen LogP contribution is 2.51. The quantitative estimate of drug-likeness (QED) is 0.805. The van der Waals surface area contributed by atoms with Crippen molar-refractivity contribution < 1.29 is 13.2 Å². The molecule has 0 aliphatic heterocycles. The molecule has 1 atom stereocenters. The van der Waals surface area contributed by atoms with E-state index < -0.39 is 10.0 Å². The van der Waals surface area contributed by atoms with Crippen LogP contribution >= 0.6 is 0 Å². The number of ether oxygens (including phenoxy) is 1. The summed E-state index contributed by atoms with van der Waals surface area (Å²) in [7, 11) is -0.0717. The van der Waals surface area contributed by atoms with Crippen LogP contribution in [0.5, 0.6) is 5.75 Å². The van der Waals surface area contributed by atoms with Gasteiger partial charge in [0, 0.05) is 18.7 Å². The predicted octanol–water partition coefficient (Wildman–Crippen LogP) is 1.74. The Balaban J connectivity index is 2.13. The molecule has 6 heteroatoms. The third-order valence-electron chi connectivity index (χ3n) is 4.17. The van der Waals surface area contributed by atoms with Gasteiger partial charge in [0.2, 0.25) is 10.0 Å². The van der Waals surface area contributed by atoms with Gasteiger partial charge in [0.25, 0.3) is 0 Å². The van der Waals surface area contributed by atoms with Crippen LogP contribution in [0.25, 0.3) is 0 Å². The summed E-state index contributed by atoms with van der Waals surface area (Å²) in [6.45, 7) is 5.37. The first kappa shape index (κ1) is 16.3. The maximum absolute atomic E-state index is 12.4. The fourth-order valence-corrected chi connectivity index (χ4v) is 3.60. The Bertz CT molecular complexity index is 611. The molecule has 21 heavy (non-hydrogen) atoms. The molecule has 2 N–H and O–H groups in total. The van der Waals surface area contributed by atoms with Crippen LogP contribution in [0.4, 0.5) is 0 Å². The first-order valence-electron chi connectivity index (χ1n) is 7.11. The molecule has 2 rings (SSSR count). The number of methoxy groups -OCH3 is 1. The van der Waals surface area contributed by atoms with Crippen molar-refractivity contribution in [1.82, 2.24) is 10.0 Å². The third-order valence-corrected chi connectivity index (χ3v) is 5.59. The molecule has 0 amide bonds. The SMILES string of the molecule is CNCc1cc(S(=O)(=O)NCC2CC2(C)C)ccc1OC. The van der Waals surface area contributed by atoms with Crippen LogP contribution in [0.3, 0.4) is 0 Å². The van der Waals surface area contributed by atoms with Gasteiger partial charge in [-0.2, -0.15) is 0 Å². The minimum Gasteiger partial charge on any atom is -0.496 e. The molecule has 0 heterocycles. The number of rotatable bonds is 7. The molecule has 0 bridgehead atoms. The van der Waals surface area contributed by atoms with Crippen LogP contribution in [0, 0.1) is 11.3 Å². The van der Waals surface area contributed by atoms with Gasteiger partial charge in [-0.15, -0.1) is 0 Å². The van der Waals surface area contributed by atoms with Crippen molar-refractivity contribution in [2.24, 2.45) is 11.3 Å². The normalized spacial score (nSPS) is 20.3. The average Bonchev–Trinajstić information content (AvgIpc) is 3.04. The molecule has 0 saturated heterocycles. The number of nitrogens with one attached hydrogen (secondary N) is 2. The van der Waals surface area contributed by atoms with E-state index in [0.29, 0.717) is 24.8 Å². The van der Waals surface area contributed by atoms with Crippen LogP contribution in [-0.4, -0.2) is 29.1 Å². The number of hydrogen-bond donors (Lipinski definition) is 2. The molecule has 118 valence electrons. The fraction of sp³-hybridized carbons (Fsp3) is 0.600. The van der Waals surface area contributed by atoms with Crippen LogP contribution in [0.1, 0.15) is 25.8 Å². The Labute approximate surface area is 127 Å². The second-order valence-electron chi connectivity index (χ2n) is 6.25. The largest absolute Gasteiger partial charge is 0.496 e. The van der Waals surface area contributed by atoms with E-state index >= 15 is 0 Å². The summed E-state index contributed by atoms with van der Waals surface area (Å²) in [5, 5.41) is 3.01. The molecule has 0 radical (unpaired) electrons.